The number of halogens is 3. The number of thioether (sulfide) groups is 1. The predicted octanol–water partition coefficient (Wildman–Crippen LogP) is 2.03. The maximum Gasteiger partial charge on any atom is 0.416 e. The quantitative estimate of drug-likeness (QED) is 0.362. The molecule has 2 aliphatic rings. The van der Waals surface area contributed by atoms with E-state index in [-0.39, 0.29) is 28.2 Å². The molecule has 6 N–H and O–H groups in total. The number of nitrogens with two attached hydrogens (primary N) is 2. The number of aliphatic imine (C=N–C) groups is 1. The van der Waals surface area contributed by atoms with E-state index in [0.717, 1.165) is 43.3 Å². The number of piperidine rings is 1. The standard InChI is InChI=1S/C16H18F3N5OS/c17-16(18,19)8-3-4-11-10(6-8)24-15(26-11)12(14(21)25)13(20)23-9-2-1-5-22-7-9/h3-4,6,9,22,24H,1-2,5,7H2,(H2,20,23)(H2,21,25). The fourth-order valence-electron chi connectivity index (χ4n) is 2.82. The van der Waals surface area contributed by atoms with Crippen LogP contribution < -0.4 is 22.1 Å². The molecule has 1 unspecified atom stereocenters. The zero-order valence-corrected chi connectivity index (χ0v) is 14.5. The van der Waals surface area contributed by atoms with Crippen LogP contribution in [0, 0.1) is 0 Å². The van der Waals surface area contributed by atoms with Crippen molar-refractivity contribution < 1.29 is 18.0 Å². The van der Waals surface area contributed by atoms with Crippen LogP contribution in [-0.2, 0) is 11.0 Å². The molecule has 0 spiro atoms. The number of anilines is 1. The van der Waals surface area contributed by atoms with Crippen LogP contribution in [0.5, 0.6) is 0 Å². The lowest BCUT2D eigenvalue weighted by molar-refractivity contribution is -0.137. The highest BCUT2D eigenvalue weighted by atomic mass is 32.2. The molecule has 1 aromatic rings. The maximum absolute atomic E-state index is 12.9. The van der Waals surface area contributed by atoms with Crippen molar-refractivity contribution in [2.75, 3.05) is 18.4 Å². The fourth-order valence-corrected chi connectivity index (χ4v) is 3.87. The second-order valence-corrected chi connectivity index (χ2v) is 7.07. The van der Waals surface area contributed by atoms with Gasteiger partial charge in [-0.2, -0.15) is 13.2 Å². The second kappa shape index (κ2) is 7.20. The molecule has 2 heterocycles. The molecular weight excluding hydrogens is 367 g/mol. The number of fused-ring (bicyclic) bond motifs is 1. The van der Waals surface area contributed by atoms with E-state index in [1.54, 1.807) is 0 Å². The van der Waals surface area contributed by atoms with Crippen molar-refractivity contribution in [1.82, 2.24) is 5.32 Å². The van der Waals surface area contributed by atoms with Gasteiger partial charge >= 0.3 is 6.18 Å². The van der Waals surface area contributed by atoms with Gasteiger partial charge in [0.25, 0.3) is 5.91 Å². The lowest BCUT2D eigenvalue weighted by Gasteiger charge is -2.20. The van der Waals surface area contributed by atoms with Crippen LogP contribution in [0.1, 0.15) is 18.4 Å². The summed E-state index contributed by atoms with van der Waals surface area (Å²) in [4.78, 5) is 16.8. The molecule has 1 amide bonds. The summed E-state index contributed by atoms with van der Waals surface area (Å²) in [6.07, 6.45) is -2.66. The Morgan fingerprint density at radius 1 is 1.31 bits per heavy atom. The van der Waals surface area contributed by atoms with Crippen molar-refractivity contribution in [3.05, 3.63) is 34.4 Å². The van der Waals surface area contributed by atoms with Crippen LogP contribution in [0.25, 0.3) is 0 Å². The Morgan fingerprint density at radius 2 is 2.08 bits per heavy atom. The summed E-state index contributed by atoms with van der Waals surface area (Å²) < 4.78 is 38.6. The topological polar surface area (TPSA) is 106 Å². The number of benzene rings is 1. The van der Waals surface area contributed by atoms with Gasteiger partial charge in [-0.25, -0.2) is 0 Å². The SMILES string of the molecule is NC(=O)C(C(N)=NC1CCCNC1)=C1Nc2cc(C(F)(F)F)ccc2S1. The van der Waals surface area contributed by atoms with Gasteiger partial charge in [-0.1, -0.05) is 11.8 Å². The predicted molar refractivity (Wildman–Crippen MR) is 94.7 cm³/mol. The third kappa shape index (κ3) is 3.96. The number of primary amides is 1. The summed E-state index contributed by atoms with van der Waals surface area (Å²) >= 11 is 1.11. The number of carbonyl (C=O) groups excluding carboxylic acids is 1. The number of amides is 1. The molecule has 0 saturated carbocycles. The highest BCUT2D eigenvalue weighted by Gasteiger charge is 2.33. The number of amidine groups is 1. The van der Waals surface area contributed by atoms with Crippen LogP contribution in [-0.4, -0.2) is 30.9 Å². The highest BCUT2D eigenvalue weighted by molar-refractivity contribution is 8.03. The number of carbonyl (C=O) groups is 1. The summed E-state index contributed by atoms with van der Waals surface area (Å²) in [6, 6.07) is 3.27. The number of hydrogen-bond acceptors (Lipinski definition) is 5. The summed E-state index contributed by atoms with van der Waals surface area (Å²) in [7, 11) is 0. The first kappa shape index (κ1) is 18.6. The highest BCUT2D eigenvalue weighted by Crippen LogP contribution is 2.44. The molecule has 10 heteroatoms. The van der Waals surface area contributed by atoms with Gasteiger partial charge < -0.3 is 22.1 Å². The summed E-state index contributed by atoms with van der Waals surface area (Å²) in [5.41, 5.74) is 10.9. The Kier molecular flexibility index (Phi) is 5.15. The normalized spacial score (nSPS) is 22.6. The Bertz CT molecular complexity index is 785. The average Bonchev–Trinajstić information content (AvgIpc) is 2.96. The Morgan fingerprint density at radius 3 is 2.69 bits per heavy atom. The molecule has 1 saturated heterocycles. The lowest BCUT2D eigenvalue weighted by Crippen LogP contribution is -2.36. The first-order valence-corrected chi connectivity index (χ1v) is 8.82. The summed E-state index contributed by atoms with van der Waals surface area (Å²) in [6.45, 7) is 1.56. The first-order chi connectivity index (χ1) is 12.3. The van der Waals surface area contributed by atoms with Gasteiger partial charge in [0.1, 0.15) is 11.4 Å². The van der Waals surface area contributed by atoms with Crippen molar-refractivity contribution in [2.24, 2.45) is 16.5 Å². The lowest BCUT2D eigenvalue weighted by atomic mass is 10.1. The van der Waals surface area contributed by atoms with Crippen LogP contribution >= 0.6 is 11.8 Å². The summed E-state index contributed by atoms with van der Waals surface area (Å²) in [5.74, 6) is -0.793. The largest absolute Gasteiger partial charge is 0.416 e. The molecule has 0 aromatic heterocycles. The minimum Gasteiger partial charge on any atom is -0.383 e. The van der Waals surface area contributed by atoms with Gasteiger partial charge in [-0.15, -0.1) is 0 Å². The molecule has 3 rings (SSSR count). The van der Waals surface area contributed by atoms with E-state index < -0.39 is 17.6 Å². The molecule has 140 valence electrons. The average molecular weight is 385 g/mol. The summed E-state index contributed by atoms with van der Waals surface area (Å²) in [5, 5.41) is 6.29. The molecule has 1 fully saturated rings. The van der Waals surface area contributed by atoms with Gasteiger partial charge in [0.05, 0.1) is 22.3 Å². The van der Waals surface area contributed by atoms with Gasteiger partial charge in [0, 0.05) is 11.4 Å². The van der Waals surface area contributed by atoms with E-state index in [1.807, 2.05) is 0 Å². The molecule has 2 aliphatic heterocycles. The van der Waals surface area contributed by atoms with E-state index in [0.29, 0.717) is 11.4 Å². The molecule has 1 aromatic carbocycles. The van der Waals surface area contributed by atoms with Crippen LogP contribution in [0.15, 0.2) is 38.7 Å². The molecule has 0 bridgehead atoms. The number of hydrogen-bond donors (Lipinski definition) is 4. The molecule has 6 nitrogen and oxygen atoms in total. The van der Waals surface area contributed by atoms with Crippen LogP contribution in [0.4, 0.5) is 18.9 Å². The zero-order chi connectivity index (χ0) is 18.9. The monoisotopic (exact) mass is 385 g/mol. The zero-order valence-electron chi connectivity index (χ0n) is 13.7. The smallest absolute Gasteiger partial charge is 0.383 e. The molecule has 26 heavy (non-hydrogen) atoms. The number of rotatable bonds is 3. The molecular formula is C16H18F3N5OS. The van der Waals surface area contributed by atoms with Crippen LogP contribution in [0.2, 0.25) is 0 Å². The van der Waals surface area contributed by atoms with E-state index in [9.17, 15) is 18.0 Å². The minimum absolute atomic E-state index is 0.00895. The van der Waals surface area contributed by atoms with Gasteiger partial charge in [0.15, 0.2) is 0 Å². The molecule has 0 radical (unpaired) electrons. The Balaban J connectivity index is 1.91. The number of nitrogens with one attached hydrogen (secondary N) is 2. The minimum atomic E-state index is -4.45. The maximum atomic E-state index is 12.9. The van der Waals surface area contributed by atoms with Crippen LogP contribution in [0.3, 0.4) is 0 Å². The van der Waals surface area contributed by atoms with E-state index >= 15 is 0 Å². The van der Waals surface area contributed by atoms with Gasteiger partial charge in [0.2, 0.25) is 0 Å². The van der Waals surface area contributed by atoms with Gasteiger partial charge in [-0.05, 0) is 37.6 Å². The Hall–Kier alpha value is -2.20. The van der Waals surface area contributed by atoms with Crippen molar-refractivity contribution >= 4 is 29.2 Å². The third-order valence-corrected chi connectivity index (χ3v) is 5.18. The van der Waals surface area contributed by atoms with E-state index in [1.165, 1.54) is 6.07 Å². The first-order valence-electron chi connectivity index (χ1n) is 8.00. The van der Waals surface area contributed by atoms with Gasteiger partial charge in [-0.3, -0.25) is 9.79 Å². The molecule has 0 aliphatic carbocycles. The fraction of sp³-hybridized carbons (Fsp3) is 0.375. The van der Waals surface area contributed by atoms with Crippen molar-refractivity contribution in [3.63, 3.8) is 0 Å². The van der Waals surface area contributed by atoms with Crippen molar-refractivity contribution in [1.29, 1.82) is 0 Å². The van der Waals surface area contributed by atoms with Crippen molar-refractivity contribution in [3.8, 4) is 0 Å². The van der Waals surface area contributed by atoms with Crippen molar-refractivity contribution in [2.45, 2.75) is 30.0 Å². The number of nitrogens with zero attached hydrogens (tertiary/aromatic N) is 1. The van der Waals surface area contributed by atoms with E-state index in [2.05, 4.69) is 15.6 Å². The Labute approximate surface area is 152 Å². The molecule has 1 atom stereocenters. The van der Waals surface area contributed by atoms with E-state index in [4.69, 9.17) is 11.5 Å². The number of alkyl halides is 3. The third-order valence-electron chi connectivity index (χ3n) is 4.09. The second-order valence-electron chi connectivity index (χ2n) is 6.02.